The molecule has 0 bridgehead atoms. The van der Waals surface area contributed by atoms with Gasteiger partial charge in [0.2, 0.25) is 0 Å². The standard InChI is InChI=1S/C13H13N3O4/c1-16(2)12(18)9-7-5-4-6-14-8(7)11(17)10(15-9)13(19)20-3/h4-6,17H,1-3H3. The van der Waals surface area contributed by atoms with Crippen molar-refractivity contribution in [2.24, 2.45) is 0 Å². The van der Waals surface area contributed by atoms with Crippen molar-refractivity contribution in [2.75, 3.05) is 21.2 Å². The molecule has 2 heterocycles. The fourth-order valence-electron chi connectivity index (χ4n) is 1.74. The minimum absolute atomic E-state index is 0.0382. The molecule has 0 spiro atoms. The summed E-state index contributed by atoms with van der Waals surface area (Å²) >= 11 is 0. The van der Waals surface area contributed by atoms with Crippen LogP contribution in [0.25, 0.3) is 10.9 Å². The Hall–Kier alpha value is -2.70. The van der Waals surface area contributed by atoms with E-state index in [4.69, 9.17) is 0 Å². The molecule has 1 amide bonds. The highest BCUT2D eigenvalue weighted by Crippen LogP contribution is 2.28. The molecule has 7 heteroatoms. The third-order valence-corrected chi connectivity index (χ3v) is 2.72. The first kappa shape index (κ1) is 13.7. The largest absolute Gasteiger partial charge is 0.504 e. The molecule has 0 aliphatic carbocycles. The number of aromatic nitrogens is 2. The van der Waals surface area contributed by atoms with Crippen molar-refractivity contribution >= 4 is 22.8 Å². The number of carbonyl (C=O) groups excluding carboxylic acids is 2. The maximum absolute atomic E-state index is 12.1. The van der Waals surface area contributed by atoms with Gasteiger partial charge in [0.25, 0.3) is 5.91 Å². The monoisotopic (exact) mass is 275 g/mol. The van der Waals surface area contributed by atoms with Crippen LogP contribution in [0.5, 0.6) is 5.75 Å². The Kier molecular flexibility index (Phi) is 3.51. The average Bonchev–Trinajstić information content (AvgIpc) is 2.46. The van der Waals surface area contributed by atoms with Gasteiger partial charge in [-0.1, -0.05) is 0 Å². The Morgan fingerprint density at radius 1 is 1.30 bits per heavy atom. The zero-order chi connectivity index (χ0) is 14.9. The first-order valence-electron chi connectivity index (χ1n) is 5.75. The summed E-state index contributed by atoms with van der Waals surface area (Å²) < 4.78 is 4.55. The minimum atomic E-state index is -0.831. The summed E-state index contributed by atoms with van der Waals surface area (Å²) in [5.74, 6) is -1.63. The van der Waals surface area contributed by atoms with Gasteiger partial charge in [-0.05, 0) is 12.1 Å². The molecule has 0 atom stereocenters. The van der Waals surface area contributed by atoms with Crippen molar-refractivity contribution in [1.29, 1.82) is 0 Å². The Morgan fingerprint density at radius 3 is 2.60 bits per heavy atom. The molecule has 2 aromatic rings. The Balaban J connectivity index is 2.82. The van der Waals surface area contributed by atoms with E-state index in [2.05, 4.69) is 14.7 Å². The Bertz CT molecular complexity index is 697. The van der Waals surface area contributed by atoms with E-state index in [-0.39, 0.29) is 16.9 Å². The number of pyridine rings is 2. The molecule has 0 unspecified atom stereocenters. The van der Waals surface area contributed by atoms with Crippen molar-refractivity contribution in [3.63, 3.8) is 0 Å². The molecule has 0 saturated heterocycles. The van der Waals surface area contributed by atoms with Crippen LogP contribution < -0.4 is 0 Å². The summed E-state index contributed by atoms with van der Waals surface area (Å²) in [5.41, 5.74) is -0.159. The van der Waals surface area contributed by atoms with Gasteiger partial charge in [0.1, 0.15) is 11.2 Å². The Morgan fingerprint density at radius 2 is 2.00 bits per heavy atom. The maximum Gasteiger partial charge on any atom is 0.360 e. The van der Waals surface area contributed by atoms with Crippen LogP contribution in [0, 0.1) is 0 Å². The molecule has 0 radical (unpaired) electrons. The minimum Gasteiger partial charge on any atom is -0.504 e. The highest BCUT2D eigenvalue weighted by molar-refractivity contribution is 6.08. The Labute approximate surface area is 114 Å². The summed E-state index contributed by atoms with van der Waals surface area (Å²) in [7, 11) is 4.30. The van der Waals surface area contributed by atoms with E-state index in [0.717, 1.165) is 0 Å². The lowest BCUT2D eigenvalue weighted by atomic mass is 10.1. The quantitative estimate of drug-likeness (QED) is 0.816. The van der Waals surface area contributed by atoms with Crippen molar-refractivity contribution in [3.8, 4) is 5.75 Å². The van der Waals surface area contributed by atoms with E-state index in [1.165, 1.54) is 18.2 Å². The second-order valence-electron chi connectivity index (χ2n) is 4.25. The van der Waals surface area contributed by atoms with E-state index in [0.29, 0.717) is 5.39 Å². The molecule has 0 saturated carbocycles. The first-order chi connectivity index (χ1) is 9.47. The van der Waals surface area contributed by atoms with Crippen LogP contribution in [0.15, 0.2) is 18.3 Å². The van der Waals surface area contributed by atoms with Crippen molar-refractivity contribution < 1.29 is 19.4 Å². The van der Waals surface area contributed by atoms with Crippen LogP contribution in [0.1, 0.15) is 21.0 Å². The second kappa shape index (κ2) is 5.12. The van der Waals surface area contributed by atoms with Crippen LogP contribution in [-0.4, -0.2) is 53.1 Å². The lowest BCUT2D eigenvalue weighted by Crippen LogP contribution is -2.24. The molecule has 0 fully saturated rings. The van der Waals surface area contributed by atoms with E-state index in [1.807, 2.05) is 0 Å². The molecular formula is C13H13N3O4. The van der Waals surface area contributed by atoms with Crippen molar-refractivity contribution in [3.05, 3.63) is 29.7 Å². The van der Waals surface area contributed by atoms with Gasteiger partial charge in [0.05, 0.1) is 7.11 Å². The number of fused-ring (bicyclic) bond motifs is 1. The lowest BCUT2D eigenvalue weighted by Gasteiger charge is -2.13. The van der Waals surface area contributed by atoms with Gasteiger partial charge in [-0.25, -0.2) is 9.78 Å². The van der Waals surface area contributed by atoms with Gasteiger partial charge >= 0.3 is 5.97 Å². The smallest absolute Gasteiger partial charge is 0.360 e. The molecule has 104 valence electrons. The van der Waals surface area contributed by atoms with E-state index >= 15 is 0 Å². The highest BCUT2D eigenvalue weighted by atomic mass is 16.5. The molecule has 2 aromatic heterocycles. The molecule has 0 aliphatic heterocycles. The van der Waals surface area contributed by atoms with Gasteiger partial charge in [-0.2, -0.15) is 0 Å². The summed E-state index contributed by atoms with van der Waals surface area (Å²) in [6, 6.07) is 3.22. The predicted octanol–water partition coefficient (Wildman–Crippen LogP) is 0.824. The number of esters is 1. The van der Waals surface area contributed by atoms with Crippen LogP contribution in [0.2, 0.25) is 0 Å². The first-order valence-corrected chi connectivity index (χ1v) is 5.75. The number of ether oxygens (including phenoxy) is 1. The average molecular weight is 275 g/mol. The van der Waals surface area contributed by atoms with Crippen LogP contribution >= 0.6 is 0 Å². The van der Waals surface area contributed by atoms with Gasteiger partial charge < -0.3 is 14.7 Å². The van der Waals surface area contributed by atoms with Gasteiger partial charge in [-0.15, -0.1) is 0 Å². The summed E-state index contributed by atoms with van der Waals surface area (Å²) in [4.78, 5) is 33.0. The fraction of sp³-hybridized carbons (Fsp3) is 0.231. The van der Waals surface area contributed by atoms with Crippen LogP contribution in [0.4, 0.5) is 0 Å². The molecular weight excluding hydrogens is 262 g/mol. The molecule has 1 N–H and O–H groups in total. The number of amides is 1. The molecule has 7 nitrogen and oxygen atoms in total. The predicted molar refractivity (Wildman–Crippen MR) is 70.6 cm³/mol. The summed E-state index contributed by atoms with van der Waals surface area (Å²) in [6.45, 7) is 0. The number of hydrogen-bond donors (Lipinski definition) is 1. The molecule has 0 aromatic carbocycles. The number of rotatable bonds is 2. The highest BCUT2D eigenvalue weighted by Gasteiger charge is 2.24. The van der Waals surface area contributed by atoms with Gasteiger partial charge in [-0.3, -0.25) is 9.78 Å². The van der Waals surface area contributed by atoms with Crippen molar-refractivity contribution in [1.82, 2.24) is 14.9 Å². The summed E-state index contributed by atoms with van der Waals surface area (Å²) in [6.07, 6.45) is 1.45. The number of methoxy groups -OCH3 is 1. The molecule has 2 rings (SSSR count). The number of nitrogens with zero attached hydrogens (tertiary/aromatic N) is 3. The normalized spacial score (nSPS) is 10.3. The number of aromatic hydroxyl groups is 1. The van der Waals surface area contributed by atoms with E-state index in [9.17, 15) is 14.7 Å². The zero-order valence-electron chi connectivity index (χ0n) is 11.2. The zero-order valence-corrected chi connectivity index (χ0v) is 11.2. The third-order valence-electron chi connectivity index (χ3n) is 2.72. The lowest BCUT2D eigenvalue weighted by molar-refractivity contribution is 0.0590. The number of carbonyl (C=O) groups is 2. The fourth-order valence-corrected chi connectivity index (χ4v) is 1.74. The van der Waals surface area contributed by atoms with Crippen molar-refractivity contribution in [2.45, 2.75) is 0 Å². The molecule has 20 heavy (non-hydrogen) atoms. The molecule has 0 aliphatic rings. The van der Waals surface area contributed by atoms with Crippen LogP contribution in [-0.2, 0) is 4.74 Å². The third kappa shape index (κ3) is 2.13. The SMILES string of the molecule is COC(=O)c1nc(C(=O)N(C)C)c2cccnc2c1O. The van der Waals surface area contributed by atoms with E-state index in [1.54, 1.807) is 26.2 Å². The van der Waals surface area contributed by atoms with E-state index < -0.39 is 17.6 Å². The second-order valence-corrected chi connectivity index (χ2v) is 4.25. The topological polar surface area (TPSA) is 92.6 Å². The van der Waals surface area contributed by atoms with Crippen LogP contribution in [0.3, 0.4) is 0 Å². The van der Waals surface area contributed by atoms with Gasteiger partial charge in [0, 0.05) is 25.7 Å². The maximum atomic E-state index is 12.1. The summed E-state index contributed by atoms with van der Waals surface area (Å²) in [5, 5.41) is 10.4. The number of hydrogen-bond acceptors (Lipinski definition) is 6. The van der Waals surface area contributed by atoms with Gasteiger partial charge in [0.15, 0.2) is 11.4 Å².